The normalized spacial score (nSPS) is 26.9. The van der Waals surface area contributed by atoms with Gasteiger partial charge in [0, 0.05) is 27.7 Å². The molecule has 1 fully saturated rings. The number of carbonyl (C=O) groups is 4. The van der Waals surface area contributed by atoms with Crippen LogP contribution in [-0.2, 0) is 42.9 Å². The summed E-state index contributed by atoms with van der Waals surface area (Å²) < 4.78 is 25.2. The second-order valence-electron chi connectivity index (χ2n) is 4.60. The average Bonchev–Trinajstić information content (AvgIpc) is 2.63. The Bertz CT molecular complexity index is 458. The van der Waals surface area contributed by atoms with Gasteiger partial charge in [-0.1, -0.05) is 0 Å². The molecule has 0 amide bonds. The van der Waals surface area contributed by atoms with Crippen LogP contribution >= 0.6 is 0 Å². The number of hydrogen-bond acceptors (Lipinski definition) is 9. The number of ether oxygens (including phenoxy) is 5. The van der Waals surface area contributed by atoms with Crippen molar-refractivity contribution in [3.8, 4) is 0 Å². The van der Waals surface area contributed by atoms with Gasteiger partial charge >= 0.3 is 23.9 Å². The summed E-state index contributed by atoms with van der Waals surface area (Å²) in [6.45, 7) is 4.40. The summed E-state index contributed by atoms with van der Waals surface area (Å²) in [6, 6.07) is 0. The summed E-state index contributed by atoms with van der Waals surface area (Å²) in [5, 5.41) is 0. The van der Waals surface area contributed by atoms with Crippen molar-refractivity contribution in [1.82, 2.24) is 0 Å². The molecule has 1 heterocycles. The molecule has 22 heavy (non-hydrogen) atoms. The van der Waals surface area contributed by atoms with Gasteiger partial charge in [0.15, 0.2) is 6.10 Å². The van der Waals surface area contributed by atoms with Crippen molar-refractivity contribution in [1.29, 1.82) is 0 Å². The zero-order valence-corrected chi connectivity index (χ0v) is 12.7. The van der Waals surface area contributed by atoms with E-state index < -0.39 is 48.5 Å². The highest BCUT2D eigenvalue weighted by Gasteiger charge is 2.51. The summed E-state index contributed by atoms with van der Waals surface area (Å²) >= 11 is 0. The Hall–Kier alpha value is -2.16. The summed E-state index contributed by atoms with van der Waals surface area (Å²) in [6.07, 6.45) is -4.40. The average molecular weight is 318 g/mol. The molecule has 124 valence electrons. The SMILES string of the molecule is CC(=O)OC[C@H]1O[C@@H](OC(C)=O)[C@@H](OC(C)=O)C1OC(C)=O. The molecule has 4 atom stereocenters. The molecular formula is C13H18O9. The largest absolute Gasteiger partial charge is 0.463 e. The minimum atomic E-state index is -1.26. The van der Waals surface area contributed by atoms with Gasteiger partial charge in [-0.15, -0.1) is 0 Å². The van der Waals surface area contributed by atoms with E-state index in [1.165, 1.54) is 6.92 Å². The first-order valence-corrected chi connectivity index (χ1v) is 6.51. The van der Waals surface area contributed by atoms with Crippen LogP contribution in [-0.4, -0.2) is 55.1 Å². The van der Waals surface area contributed by atoms with E-state index in [0.29, 0.717) is 0 Å². The van der Waals surface area contributed by atoms with Crippen LogP contribution < -0.4 is 0 Å². The topological polar surface area (TPSA) is 114 Å². The Morgan fingerprint density at radius 2 is 1.27 bits per heavy atom. The highest BCUT2D eigenvalue weighted by Crippen LogP contribution is 2.28. The third kappa shape index (κ3) is 5.32. The molecule has 1 saturated heterocycles. The molecular weight excluding hydrogens is 300 g/mol. The Morgan fingerprint density at radius 1 is 0.773 bits per heavy atom. The lowest BCUT2D eigenvalue weighted by Gasteiger charge is -2.22. The number of hydrogen-bond donors (Lipinski definition) is 0. The molecule has 0 radical (unpaired) electrons. The highest BCUT2D eigenvalue weighted by molar-refractivity contribution is 5.68. The van der Waals surface area contributed by atoms with Gasteiger partial charge in [0.25, 0.3) is 0 Å². The van der Waals surface area contributed by atoms with Crippen molar-refractivity contribution in [3.05, 3.63) is 0 Å². The Kier molecular flexibility index (Phi) is 6.29. The van der Waals surface area contributed by atoms with E-state index in [9.17, 15) is 19.2 Å². The summed E-state index contributed by atoms with van der Waals surface area (Å²) in [5.41, 5.74) is 0. The van der Waals surface area contributed by atoms with Crippen LogP contribution in [0.2, 0.25) is 0 Å². The van der Waals surface area contributed by atoms with Crippen LogP contribution in [0.4, 0.5) is 0 Å². The summed E-state index contributed by atoms with van der Waals surface area (Å²) in [4.78, 5) is 44.4. The van der Waals surface area contributed by atoms with Crippen molar-refractivity contribution >= 4 is 23.9 Å². The Labute approximate surface area is 126 Å². The van der Waals surface area contributed by atoms with Gasteiger partial charge in [0.1, 0.15) is 12.7 Å². The summed E-state index contributed by atoms with van der Waals surface area (Å²) in [5.74, 6) is -2.56. The van der Waals surface area contributed by atoms with E-state index in [2.05, 4.69) is 0 Å². The van der Waals surface area contributed by atoms with Gasteiger partial charge in [-0.05, 0) is 0 Å². The van der Waals surface area contributed by atoms with Crippen LogP contribution in [0, 0.1) is 0 Å². The smallest absolute Gasteiger partial charge is 0.305 e. The first-order valence-electron chi connectivity index (χ1n) is 6.51. The molecule has 0 aromatic rings. The fourth-order valence-electron chi connectivity index (χ4n) is 1.93. The van der Waals surface area contributed by atoms with Crippen molar-refractivity contribution in [2.75, 3.05) is 6.61 Å². The molecule has 1 rings (SSSR count). The first-order chi connectivity index (χ1) is 10.2. The van der Waals surface area contributed by atoms with Crippen molar-refractivity contribution < 1.29 is 42.9 Å². The van der Waals surface area contributed by atoms with E-state index in [1.807, 2.05) is 0 Å². The molecule has 0 aromatic heterocycles. The van der Waals surface area contributed by atoms with Crippen LogP contribution in [0.15, 0.2) is 0 Å². The highest BCUT2D eigenvalue weighted by atomic mass is 16.8. The van der Waals surface area contributed by atoms with E-state index in [0.717, 1.165) is 20.8 Å². The quantitative estimate of drug-likeness (QED) is 0.497. The van der Waals surface area contributed by atoms with Gasteiger partial charge in [-0.25, -0.2) is 0 Å². The molecule has 0 aromatic carbocycles. The predicted octanol–water partition coefficient (Wildman–Crippen LogP) is -0.299. The molecule has 1 aliphatic heterocycles. The number of carbonyl (C=O) groups excluding carboxylic acids is 4. The van der Waals surface area contributed by atoms with E-state index in [-0.39, 0.29) is 6.61 Å². The number of rotatable bonds is 5. The fraction of sp³-hybridized carbons (Fsp3) is 0.692. The third-order valence-corrected chi connectivity index (χ3v) is 2.60. The van der Waals surface area contributed by atoms with Crippen molar-refractivity contribution in [3.63, 3.8) is 0 Å². The molecule has 0 aliphatic carbocycles. The second kappa shape index (κ2) is 7.74. The van der Waals surface area contributed by atoms with Crippen LogP contribution in [0.1, 0.15) is 27.7 Å². The lowest BCUT2D eigenvalue weighted by Crippen LogP contribution is -2.42. The zero-order valence-electron chi connectivity index (χ0n) is 12.7. The standard InChI is InChI=1S/C13H18O9/c1-6(14)18-5-10-11(19-7(2)15)12(20-8(3)16)13(22-10)21-9(4)17/h10-13H,5H2,1-4H3/t10-,11?,12+,13-/m1/s1. The molecule has 0 saturated carbocycles. The molecule has 1 unspecified atom stereocenters. The van der Waals surface area contributed by atoms with Gasteiger partial charge in [0.2, 0.25) is 12.4 Å². The fourth-order valence-corrected chi connectivity index (χ4v) is 1.93. The van der Waals surface area contributed by atoms with Gasteiger partial charge < -0.3 is 23.7 Å². The van der Waals surface area contributed by atoms with Gasteiger partial charge in [-0.2, -0.15) is 0 Å². The molecule has 0 spiro atoms. The Balaban J connectivity index is 2.94. The van der Waals surface area contributed by atoms with Gasteiger partial charge in [0.05, 0.1) is 0 Å². The van der Waals surface area contributed by atoms with Crippen molar-refractivity contribution in [2.24, 2.45) is 0 Å². The van der Waals surface area contributed by atoms with Crippen LogP contribution in [0.3, 0.4) is 0 Å². The Morgan fingerprint density at radius 3 is 1.73 bits per heavy atom. The number of esters is 4. The summed E-state index contributed by atoms with van der Waals surface area (Å²) in [7, 11) is 0. The van der Waals surface area contributed by atoms with E-state index in [4.69, 9.17) is 23.7 Å². The minimum absolute atomic E-state index is 0.247. The molecule has 0 bridgehead atoms. The minimum Gasteiger partial charge on any atom is -0.463 e. The lowest BCUT2D eigenvalue weighted by molar-refractivity contribution is -0.197. The van der Waals surface area contributed by atoms with Crippen LogP contribution in [0.5, 0.6) is 0 Å². The maximum Gasteiger partial charge on any atom is 0.305 e. The molecule has 1 aliphatic rings. The molecule has 9 nitrogen and oxygen atoms in total. The second-order valence-corrected chi connectivity index (χ2v) is 4.60. The molecule has 9 heteroatoms. The predicted molar refractivity (Wildman–Crippen MR) is 68.2 cm³/mol. The van der Waals surface area contributed by atoms with Crippen LogP contribution in [0.25, 0.3) is 0 Å². The van der Waals surface area contributed by atoms with Crippen molar-refractivity contribution in [2.45, 2.75) is 52.3 Å². The maximum absolute atomic E-state index is 11.2. The van der Waals surface area contributed by atoms with E-state index in [1.54, 1.807) is 0 Å². The molecule has 0 N–H and O–H groups in total. The van der Waals surface area contributed by atoms with Gasteiger partial charge in [-0.3, -0.25) is 19.2 Å². The third-order valence-electron chi connectivity index (χ3n) is 2.60. The van der Waals surface area contributed by atoms with E-state index >= 15 is 0 Å². The monoisotopic (exact) mass is 318 g/mol. The maximum atomic E-state index is 11.2. The first kappa shape index (κ1) is 17.9. The lowest BCUT2D eigenvalue weighted by atomic mass is 10.1. The zero-order chi connectivity index (χ0) is 16.9.